The van der Waals surface area contributed by atoms with Gasteiger partial charge in [0.2, 0.25) is 11.4 Å². The number of aliphatic hydroxyl groups is 1. The second-order valence-corrected chi connectivity index (χ2v) is 7.61. The van der Waals surface area contributed by atoms with E-state index in [1.165, 1.54) is 45.6 Å². The SMILES string of the molecule is COc1ccc2c(c1)O[C@@H](C=O)[C@](O)(c1cc(OC)c(OC)cc1OCc1ccccc1)C2=O. The Balaban J connectivity index is 1.85. The lowest BCUT2D eigenvalue weighted by atomic mass is 9.79. The largest absolute Gasteiger partial charge is 0.497 e. The number of hydrogen-bond donors (Lipinski definition) is 1. The van der Waals surface area contributed by atoms with Crippen LogP contribution in [-0.2, 0) is 17.0 Å². The van der Waals surface area contributed by atoms with Crippen molar-refractivity contribution in [2.45, 2.75) is 18.3 Å². The summed E-state index contributed by atoms with van der Waals surface area (Å²) in [5.74, 6) is 0.582. The number of aldehydes is 1. The molecule has 2 atom stereocenters. The molecule has 0 bridgehead atoms. The molecule has 0 radical (unpaired) electrons. The van der Waals surface area contributed by atoms with Crippen LogP contribution in [0.5, 0.6) is 28.7 Å². The van der Waals surface area contributed by atoms with Crippen molar-refractivity contribution in [3.63, 3.8) is 0 Å². The summed E-state index contributed by atoms with van der Waals surface area (Å²) in [7, 11) is 4.36. The third-order valence-corrected chi connectivity index (χ3v) is 5.70. The summed E-state index contributed by atoms with van der Waals surface area (Å²) >= 11 is 0. The van der Waals surface area contributed by atoms with E-state index in [1.54, 1.807) is 6.07 Å². The van der Waals surface area contributed by atoms with Gasteiger partial charge in [0.1, 0.15) is 23.9 Å². The van der Waals surface area contributed by atoms with Crippen LogP contribution < -0.4 is 23.7 Å². The minimum Gasteiger partial charge on any atom is -0.497 e. The Labute approximate surface area is 196 Å². The fourth-order valence-electron chi connectivity index (χ4n) is 3.89. The van der Waals surface area contributed by atoms with Crippen molar-refractivity contribution < 1.29 is 38.4 Å². The highest BCUT2D eigenvalue weighted by Gasteiger charge is 2.53. The molecule has 0 saturated heterocycles. The molecular weight excluding hydrogens is 440 g/mol. The van der Waals surface area contributed by atoms with Crippen molar-refractivity contribution in [1.29, 1.82) is 0 Å². The number of rotatable bonds is 8. The van der Waals surface area contributed by atoms with Crippen LogP contribution >= 0.6 is 0 Å². The Morgan fingerprint density at radius 3 is 2.29 bits per heavy atom. The molecule has 4 rings (SSSR count). The fraction of sp³-hybridized carbons (Fsp3) is 0.231. The maximum atomic E-state index is 13.6. The summed E-state index contributed by atoms with van der Waals surface area (Å²) in [5, 5.41) is 11.8. The Bertz CT molecular complexity index is 1210. The van der Waals surface area contributed by atoms with Gasteiger partial charge in [-0.3, -0.25) is 9.59 Å². The standard InChI is InChI=1S/C26H24O8/c1-30-17-9-10-18-20(11-17)34-24(14-27)26(29,25(18)28)19-12-22(31-2)23(32-3)13-21(19)33-15-16-7-5-4-6-8-16/h4-14,24,29H,15H2,1-3H3/t24-,26+/m0/s1. The number of benzene rings is 3. The Morgan fingerprint density at radius 2 is 1.65 bits per heavy atom. The van der Waals surface area contributed by atoms with Crippen LogP contribution in [-0.4, -0.2) is 44.6 Å². The first-order valence-electron chi connectivity index (χ1n) is 10.5. The third kappa shape index (κ3) is 3.92. The van der Waals surface area contributed by atoms with E-state index in [2.05, 4.69) is 0 Å². The predicted octanol–water partition coefficient (Wildman–Crippen LogP) is 3.32. The van der Waals surface area contributed by atoms with Gasteiger partial charge in [-0.2, -0.15) is 0 Å². The average molecular weight is 464 g/mol. The van der Waals surface area contributed by atoms with Crippen LogP contribution in [0, 0.1) is 0 Å². The fourth-order valence-corrected chi connectivity index (χ4v) is 3.89. The average Bonchev–Trinajstić information content (AvgIpc) is 2.89. The second-order valence-electron chi connectivity index (χ2n) is 7.61. The molecule has 0 unspecified atom stereocenters. The Morgan fingerprint density at radius 1 is 0.941 bits per heavy atom. The van der Waals surface area contributed by atoms with E-state index in [9.17, 15) is 14.7 Å². The second kappa shape index (κ2) is 9.44. The van der Waals surface area contributed by atoms with E-state index < -0.39 is 17.5 Å². The monoisotopic (exact) mass is 464 g/mol. The van der Waals surface area contributed by atoms with Gasteiger partial charge < -0.3 is 28.8 Å². The molecule has 1 heterocycles. The normalized spacial score (nSPS) is 18.9. The number of hydrogen-bond acceptors (Lipinski definition) is 8. The molecule has 8 nitrogen and oxygen atoms in total. The van der Waals surface area contributed by atoms with Gasteiger partial charge in [0, 0.05) is 17.7 Å². The van der Waals surface area contributed by atoms with Gasteiger partial charge in [-0.1, -0.05) is 30.3 Å². The van der Waals surface area contributed by atoms with Crippen LogP contribution in [0.15, 0.2) is 60.7 Å². The number of ether oxygens (including phenoxy) is 5. The summed E-state index contributed by atoms with van der Waals surface area (Å²) in [6.07, 6.45) is -1.16. The van der Waals surface area contributed by atoms with Crippen LogP contribution in [0.2, 0.25) is 0 Å². The highest BCUT2D eigenvalue weighted by molar-refractivity contribution is 6.08. The highest BCUT2D eigenvalue weighted by Crippen LogP contribution is 2.46. The summed E-state index contributed by atoms with van der Waals surface area (Å²) in [6, 6.07) is 16.8. The summed E-state index contributed by atoms with van der Waals surface area (Å²) in [4.78, 5) is 25.7. The van der Waals surface area contributed by atoms with Gasteiger partial charge in [0.05, 0.1) is 26.9 Å². The lowest BCUT2D eigenvalue weighted by Crippen LogP contribution is -2.53. The zero-order valence-electron chi connectivity index (χ0n) is 18.9. The van der Waals surface area contributed by atoms with Crippen LogP contribution in [0.25, 0.3) is 0 Å². The van der Waals surface area contributed by atoms with Crippen molar-refractivity contribution in [3.05, 3.63) is 77.4 Å². The minimum absolute atomic E-state index is 0.0182. The molecule has 34 heavy (non-hydrogen) atoms. The first kappa shape index (κ1) is 23.1. The first-order chi connectivity index (χ1) is 16.5. The number of carbonyl (C=O) groups is 2. The molecule has 0 saturated carbocycles. The molecular formula is C26H24O8. The molecule has 1 aliphatic heterocycles. The zero-order chi connectivity index (χ0) is 24.3. The van der Waals surface area contributed by atoms with Gasteiger partial charge >= 0.3 is 0 Å². The van der Waals surface area contributed by atoms with Gasteiger partial charge in [-0.25, -0.2) is 0 Å². The molecule has 0 aromatic heterocycles. The number of carbonyl (C=O) groups excluding carboxylic acids is 2. The van der Waals surface area contributed by atoms with E-state index in [-0.39, 0.29) is 35.0 Å². The lowest BCUT2D eigenvalue weighted by molar-refractivity contribution is -0.125. The predicted molar refractivity (Wildman–Crippen MR) is 122 cm³/mol. The summed E-state index contributed by atoms with van der Waals surface area (Å²) < 4.78 is 27.7. The number of fused-ring (bicyclic) bond motifs is 1. The minimum atomic E-state index is -2.38. The topological polar surface area (TPSA) is 101 Å². The third-order valence-electron chi connectivity index (χ3n) is 5.70. The molecule has 0 fully saturated rings. The summed E-state index contributed by atoms with van der Waals surface area (Å²) in [5.41, 5.74) is -1.39. The number of Topliss-reactive ketones (excluding diaryl/α,β-unsaturated/α-hetero) is 1. The Hall–Kier alpha value is -4.04. The smallest absolute Gasteiger partial charge is 0.207 e. The van der Waals surface area contributed by atoms with Gasteiger partial charge in [0.15, 0.2) is 23.9 Å². The van der Waals surface area contributed by atoms with Crippen molar-refractivity contribution in [2.24, 2.45) is 0 Å². The molecule has 0 amide bonds. The van der Waals surface area contributed by atoms with Crippen molar-refractivity contribution in [1.82, 2.24) is 0 Å². The van der Waals surface area contributed by atoms with Crippen molar-refractivity contribution in [2.75, 3.05) is 21.3 Å². The Kier molecular flexibility index (Phi) is 6.43. The maximum absolute atomic E-state index is 13.6. The van der Waals surface area contributed by atoms with E-state index >= 15 is 0 Å². The molecule has 8 heteroatoms. The highest BCUT2D eigenvalue weighted by atomic mass is 16.5. The van der Waals surface area contributed by atoms with Crippen LogP contribution in [0.1, 0.15) is 21.5 Å². The van der Waals surface area contributed by atoms with E-state index in [1.807, 2.05) is 30.3 Å². The van der Waals surface area contributed by atoms with Crippen molar-refractivity contribution in [3.8, 4) is 28.7 Å². The molecule has 176 valence electrons. The molecule has 3 aromatic rings. The first-order valence-corrected chi connectivity index (χ1v) is 10.5. The summed E-state index contributed by atoms with van der Waals surface area (Å²) in [6.45, 7) is 0.147. The molecule has 0 aliphatic carbocycles. The quantitative estimate of drug-likeness (QED) is 0.507. The van der Waals surface area contributed by atoms with E-state index in [0.717, 1.165) is 5.56 Å². The maximum Gasteiger partial charge on any atom is 0.207 e. The van der Waals surface area contributed by atoms with Gasteiger partial charge in [-0.05, 0) is 23.8 Å². The molecule has 1 N–H and O–H groups in total. The van der Waals surface area contributed by atoms with Crippen molar-refractivity contribution >= 4 is 12.1 Å². The number of ketones is 1. The zero-order valence-corrected chi connectivity index (χ0v) is 18.9. The van der Waals surface area contributed by atoms with E-state index in [4.69, 9.17) is 23.7 Å². The molecule has 3 aromatic carbocycles. The van der Waals surface area contributed by atoms with E-state index in [0.29, 0.717) is 17.8 Å². The molecule has 1 aliphatic rings. The van der Waals surface area contributed by atoms with Gasteiger partial charge in [0.25, 0.3) is 0 Å². The molecule has 0 spiro atoms. The number of methoxy groups -OCH3 is 3. The van der Waals surface area contributed by atoms with Crippen LogP contribution in [0.3, 0.4) is 0 Å². The lowest BCUT2D eigenvalue weighted by Gasteiger charge is -2.37. The van der Waals surface area contributed by atoms with Gasteiger partial charge in [-0.15, -0.1) is 0 Å². The van der Waals surface area contributed by atoms with Crippen LogP contribution in [0.4, 0.5) is 0 Å².